The molecule has 0 spiro atoms. The molecule has 1 N–H and O–H groups in total. The second kappa shape index (κ2) is 3.87. The Bertz CT molecular complexity index is 244. The molecule has 0 amide bonds. The second-order valence-corrected chi connectivity index (χ2v) is 2.76. The van der Waals surface area contributed by atoms with Crippen LogP contribution in [0.5, 0.6) is 0 Å². The Hall–Kier alpha value is -0.990. The average molecular weight is 240 g/mol. The van der Waals surface area contributed by atoms with Gasteiger partial charge in [-0.2, -0.15) is 17.6 Å². The van der Waals surface area contributed by atoms with Crippen LogP contribution in [0.1, 0.15) is 6.92 Å². The SMILES string of the molecule is CC(F)(F)COC(F)(C(=O)O)C(F)(F)F. The lowest BCUT2D eigenvalue weighted by atomic mass is 10.3. The van der Waals surface area contributed by atoms with Crippen molar-refractivity contribution in [2.24, 2.45) is 0 Å². The topological polar surface area (TPSA) is 46.5 Å². The highest BCUT2D eigenvalue weighted by molar-refractivity contribution is 5.76. The van der Waals surface area contributed by atoms with Crippen LogP contribution in [0.2, 0.25) is 0 Å². The molecule has 0 aliphatic rings. The molecule has 0 bridgehead atoms. The highest BCUT2D eigenvalue weighted by atomic mass is 19.4. The highest BCUT2D eigenvalue weighted by Crippen LogP contribution is 2.36. The number of alkyl halides is 6. The van der Waals surface area contributed by atoms with E-state index in [1.165, 1.54) is 0 Å². The van der Waals surface area contributed by atoms with Crippen LogP contribution in [0.4, 0.5) is 26.3 Å². The normalized spacial score (nSPS) is 17.3. The second-order valence-electron chi connectivity index (χ2n) is 2.76. The maximum Gasteiger partial charge on any atom is 0.460 e. The molecule has 0 aromatic rings. The van der Waals surface area contributed by atoms with E-state index in [0.717, 1.165) is 0 Å². The van der Waals surface area contributed by atoms with Gasteiger partial charge in [-0.1, -0.05) is 0 Å². The number of aliphatic carboxylic acids is 1. The van der Waals surface area contributed by atoms with Crippen molar-refractivity contribution in [1.29, 1.82) is 0 Å². The lowest BCUT2D eigenvalue weighted by Crippen LogP contribution is -2.51. The van der Waals surface area contributed by atoms with Crippen LogP contribution in [-0.4, -0.2) is 35.6 Å². The van der Waals surface area contributed by atoms with Gasteiger partial charge in [-0.3, -0.25) is 0 Å². The zero-order chi connectivity index (χ0) is 12.5. The summed E-state index contributed by atoms with van der Waals surface area (Å²) in [6, 6.07) is 0. The fraction of sp³-hybridized carbons (Fsp3) is 0.833. The zero-order valence-corrected chi connectivity index (χ0v) is 7.24. The molecule has 9 heteroatoms. The summed E-state index contributed by atoms with van der Waals surface area (Å²) in [6.45, 7) is -1.83. The molecule has 0 heterocycles. The van der Waals surface area contributed by atoms with Gasteiger partial charge in [0.15, 0.2) is 0 Å². The lowest BCUT2D eigenvalue weighted by Gasteiger charge is -2.24. The van der Waals surface area contributed by atoms with Crippen molar-refractivity contribution in [1.82, 2.24) is 0 Å². The maximum atomic E-state index is 12.7. The number of hydrogen-bond acceptors (Lipinski definition) is 2. The first-order valence-electron chi connectivity index (χ1n) is 3.41. The van der Waals surface area contributed by atoms with Crippen LogP contribution in [0, 0.1) is 0 Å². The van der Waals surface area contributed by atoms with Crippen LogP contribution in [-0.2, 0) is 9.53 Å². The maximum absolute atomic E-state index is 12.7. The average Bonchev–Trinajstić information content (AvgIpc) is 1.95. The minimum atomic E-state index is -5.93. The van der Waals surface area contributed by atoms with Crippen LogP contribution >= 0.6 is 0 Å². The first-order chi connectivity index (χ1) is 6.40. The fourth-order valence-electron chi connectivity index (χ4n) is 0.491. The summed E-state index contributed by atoms with van der Waals surface area (Å²) in [5.74, 6) is -11.9. The molecular weight excluding hydrogens is 234 g/mol. The molecule has 0 saturated carbocycles. The Morgan fingerprint density at radius 1 is 1.20 bits per heavy atom. The van der Waals surface area contributed by atoms with E-state index in [4.69, 9.17) is 5.11 Å². The van der Waals surface area contributed by atoms with E-state index >= 15 is 0 Å². The van der Waals surface area contributed by atoms with E-state index < -0.39 is 30.5 Å². The molecule has 0 aliphatic heterocycles. The van der Waals surface area contributed by atoms with Gasteiger partial charge in [0.1, 0.15) is 6.61 Å². The molecule has 0 aromatic carbocycles. The molecule has 0 fully saturated rings. The van der Waals surface area contributed by atoms with Crippen molar-refractivity contribution in [2.75, 3.05) is 6.61 Å². The summed E-state index contributed by atoms with van der Waals surface area (Å²) >= 11 is 0. The molecule has 3 nitrogen and oxygen atoms in total. The Morgan fingerprint density at radius 2 is 1.60 bits per heavy atom. The Kier molecular flexibility index (Phi) is 3.62. The number of carboxylic acid groups (broad SMARTS) is 1. The van der Waals surface area contributed by atoms with Crippen LogP contribution in [0.25, 0.3) is 0 Å². The van der Waals surface area contributed by atoms with E-state index in [1.54, 1.807) is 0 Å². The Balaban J connectivity index is 4.78. The number of carbonyl (C=O) groups is 1. The Labute approximate surface area is 79.6 Å². The van der Waals surface area contributed by atoms with E-state index in [9.17, 15) is 31.1 Å². The van der Waals surface area contributed by atoms with E-state index in [2.05, 4.69) is 4.74 Å². The van der Waals surface area contributed by atoms with Gasteiger partial charge in [-0.05, 0) is 0 Å². The van der Waals surface area contributed by atoms with Gasteiger partial charge in [-0.25, -0.2) is 13.6 Å². The molecule has 0 aromatic heterocycles. The van der Waals surface area contributed by atoms with E-state index in [1.807, 2.05) is 0 Å². The smallest absolute Gasteiger partial charge is 0.460 e. The number of carboxylic acids is 1. The standard InChI is InChI=1S/C6H6F6O3/c1-4(7,8)2-15-5(9,3(13)14)6(10,11)12/h2H2,1H3,(H,13,14). The summed E-state index contributed by atoms with van der Waals surface area (Å²) in [5.41, 5.74) is 0. The lowest BCUT2D eigenvalue weighted by molar-refractivity contribution is -0.331. The van der Waals surface area contributed by atoms with Crippen molar-refractivity contribution < 1.29 is 41.0 Å². The van der Waals surface area contributed by atoms with Crippen molar-refractivity contribution in [3.05, 3.63) is 0 Å². The summed E-state index contributed by atoms with van der Waals surface area (Å²) in [6.07, 6.45) is -5.93. The summed E-state index contributed by atoms with van der Waals surface area (Å²) in [4.78, 5) is 9.92. The third kappa shape index (κ3) is 3.57. The van der Waals surface area contributed by atoms with Crippen molar-refractivity contribution >= 4 is 5.97 Å². The number of rotatable bonds is 4. The monoisotopic (exact) mass is 240 g/mol. The molecule has 0 rings (SSSR count). The summed E-state index contributed by atoms with van der Waals surface area (Å²) in [5, 5.41) is 7.90. The molecule has 1 atom stereocenters. The van der Waals surface area contributed by atoms with Gasteiger partial charge in [0, 0.05) is 6.92 Å². The van der Waals surface area contributed by atoms with Crippen LogP contribution in [0.3, 0.4) is 0 Å². The molecule has 0 saturated heterocycles. The van der Waals surface area contributed by atoms with E-state index in [0.29, 0.717) is 0 Å². The van der Waals surface area contributed by atoms with Crippen molar-refractivity contribution in [3.8, 4) is 0 Å². The molecule has 0 aliphatic carbocycles. The Morgan fingerprint density at radius 3 is 1.80 bits per heavy atom. The molecule has 90 valence electrons. The van der Waals surface area contributed by atoms with Gasteiger partial charge in [-0.15, -0.1) is 0 Å². The summed E-state index contributed by atoms with van der Waals surface area (Å²) < 4.78 is 75.3. The zero-order valence-electron chi connectivity index (χ0n) is 7.24. The molecular formula is C6H6F6O3. The van der Waals surface area contributed by atoms with Crippen LogP contribution in [0.15, 0.2) is 0 Å². The van der Waals surface area contributed by atoms with E-state index in [-0.39, 0.29) is 6.92 Å². The minimum absolute atomic E-state index is 0.158. The minimum Gasteiger partial charge on any atom is -0.477 e. The third-order valence-corrected chi connectivity index (χ3v) is 1.16. The van der Waals surface area contributed by atoms with Gasteiger partial charge >= 0.3 is 18.0 Å². The fourth-order valence-corrected chi connectivity index (χ4v) is 0.491. The van der Waals surface area contributed by atoms with Gasteiger partial charge in [0.25, 0.3) is 5.92 Å². The number of hydrogen-bond donors (Lipinski definition) is 1. The predicted octanol–water partition coefficient (Wildman–Crippen LogP) is 1.97. The first kappa shape index (κ1) is 14.0. The molecule has 0 radical (unpaired) electrons. The molecule has 1 unspecified atom stereocenters. The highest BCUT2D eigenvalue weighted by Gasteiger charge is 2.65. The van der Waals surface area contributed by atoms with Gasteiger partial charge in [0.2, 0.25) is 0 Å². The third-order valence-electron chi connectivity index (χ3n) is 1.16. The van der Waals surface area contributed by atoms with Crippen LogP contribution < -0.4 is 0 Å². The van der Waals surface area contributed by atoms with Crippen molar-refractivity contribution in [2.45, 2.75) is 24.9 Å². The number of ether oxygens (including phenoxy) is 1. The molecule has 15 heavy (non-hydrogen) atoms. The largest absolute Gasteiger partial charge is 0.477 e. The predicted molar refractivity (Wildman–Crippen MR) is 34.1 cm³/mol. The van der Waals surface area contributed by atoms with Gasteiger partial charge < -0.3 is 9.84 Å². The first-order valence-corrected chi connectivity index (χ1v) is 3.41. The van der Waals surface area contributed by atoms with Gasteiger partial charge in [0.05, 0.1) is 0 Å². The van der Waals surface area contributed by atoms with Crippen molar-refractivity contribution in [3.63, 3.8) is 0 Å². The summed E-state index contributed by atoms with van der Waals surface area (Å²) in [7, 11) is 0. The number of halogens is 6. The quantitative estimate of drug-likeness (QED) is 0.764.